The monoisotopic (exact) mass is 201 g/mol. The highest BCUT2D eigenvalue weighted by Crippen LogP contribution is 2.02. The first-order chi connectivity index (χ1) is 6.61. The van der Waals surface area contributed by atoms with E-state index in [0.29, 0.717) is 6.42 Å². The standard InChI is InChI=1S/C10H19NO3/c1-4-6-11-7-9(12)14-10(13)8(3)5-2/h8,11H,4-7H2,1-3H3. The molecular formula is C10H19NO3. The summed E-state index contributed by atoms with van der Waals surface area (Å²) in [5, 5.41) is 2.87. The second kappa shape index (κ2) is 7.50. The lowest BCUT2D eigenvalue weighted by Crippen LogP contribution is -2.28. The summed E-state index contributed by atoms with van der Waals surface area (Å²) in [6.07, 6.45) is 1.64. The van der Waals surface area contributed by atoms with Crippen LogP contribution in [-0.4, -0.2) is 25.0 Å². The summed E-state index contributed by atoms with van der Waals surface area (Å²) in [5.41, 5.74) is 0. The van der Waals surface area contributed by atoms with E-state index in [-0.39, 0.29) is 12.5 Å². The van der Waals surface area contributed by atoms with Crippen LogP contribution in [0.15, 0.2) is 0 Å². The number of rotatable bonds is 6. The van der Waals surface area contributed by atoms with E-state index in [4.69, 9.17) is 0 Å². The fraction of sp³-hybridized carbons (Fsp3) is 0.800. The Labute approximate surface area is 85.0 Å². The lowest BCUT2D eigenvalue weighted by molar-refractivity contribution is -0.161. The van der Waals surface area contributed by atoms with Gasteiger partial charge in [0.15, 0.2) is 0 Å². The van der Waals surface area contributed by atoms with Crippen LogP contribution in [0.25, 0.3) is 0 Å². The van der Waals surface area contributed by atoms with Gasteiger partial charge >= 0.3 is 11.9 Å². The maximum Gasteiger partial charge on any atom is 0.327 e. The molecule has 0 aliphatic rings. The van der Waals surface area contributed by atoms with Crippen molar-refractivity contribution in [2.24, 2.45) is 5.92 Å². The average molecular weight is 201 g/mol. The molecule has 82 valence electrons. The van der Waals surface area contributed by atoms with Crippen molar-refractivity contribution in [1.82, 2.24) is 5.32 Å². The third-order valence-electron chi connectivity index (χ3n) is 1.93. The van der Waals surface area contributed by atoms with Crippen molar-refractivity contribution in [1.29, 1.82) is 0 Å². The number of carbonyl (C=O) groups excluding carboxylic acids is 2. The fourth-order valence-electron chi connectivity index (χ4n) is 0.783. The molecule has 0 aromatic carbocycles. The van der Waals surface area contributed by atoms with Crippen molar-refractivity contribution in [3.05, 3.63) is 0 Å². The SMILES string of the molecule is CCCNCC(=O)OC(=O)C(C)CC. The van der Waals surface area contributed by atoms with Crippen molar-refractivity contribution in [3.63, 3.8) is 0 Å². The largest absolute Gasteiger partial charge is 0.392 e. The second-order valence-electron chi connectivity index (χ2n) is 3.28. The Balaban J connectivity index is 3.66. The normalized spacial score (nSPS) is 12.2. The van der Waals surface area contributed by atoms with Crippen molar-refractivity contribution >= 4 is 11.9 Å². The molecule has 1 atom stereocenters. The Bertz CT molecular complexity index is 192. The van der Waals surface area contributed by atoms with E-state index in [9.17, 15) is 9.59 Å². The van der Waals surface area contributed by atoms with Crippen molar-refractivity contribution < 1.29 is 14.3 Å². The molecule has 0 aliphatic carbocycles. The molecule has 0 radical (unpaired) electrons. The third kappa shape index (κ3) is 5.70. The van der Waals surface area contributed by atoms with Gasteiger partial charge < -0.3 is 10.1 Å². The van der Waals surface area contributed by atoms with Gasteiger partial charge in [-0.15, -0.1) is 0 Å². The van der Waals surface area contributed by atoms with Gasteiger partial charge in [0.1, 0.15) is 0 Å². The first-order valence-corrected chi connectivity index (χ1v) is 5.07. The summed E-state index contributed by atoms with van der Waals surface area (Å²) in [6, 6.07) is 0. The molecular weight excluding hydrogens is 182 g/mol. The zero-order valence-corrected chi connectivity index (χ0v) is 9.13. The molecule has 0 spiro atoms. The van der Waals surface area contributed by atoms with Crippen LogP contribution >= 0.6 is 0 Å². The smallest absolute Gasteiger partial charge is 0.327 e. The van der Waals surface area contributed by atoms with Crippen LogP contribution in [0.1, 0.15) is 33.6 Å². The van der Waals surface area contributed by atoms with Gasteiger partial charge in [0, 0.05) is 0 Å². The minimum atomic E-state index is -0.497. The Morgan fingerprint density at radius 3 is 2.50 bits per heavy atom. The number of ether oxygens (including phenoxy) is 1. The van der Waals surface area contributed by atoms with Crippen LogP contribution < -0.4 is 5.32 Å². The van der Waals surface area contributed by atoms with Gasteiger partial charge in [-0.25, -0.2) is 0 Å². The summed E-state index contributed by atoms with van der Waals surface area (Å²) in [4.78, 5) is 22.2. The highest BCUT2D eigenvalue weighted by atomic mass is 16.6. The number of nitrogens with one attached hydrogen (secondary N) is 1. The minimum absolute atomic E-state index is 0.107. The number of hydrogen-bond acceptors (Lipinski definition) is 4. The molecule has 0 saturated heterocycles. The molecule has 0 heterocycles. The fourth-order valence-corrected chi connectivity index (χ4v) is 0.783. The average Bonchev–Trinajstić information content (AvgIpc) is 2.16. The molecule has 4 nitrogen and oxygen atoms in total. The maximum absolute atomic E-state index is 11.1. The van der Waals surface area contributed by atoms with Gasteiger partial charge in [-0.3, -0.25) is 9.59 Å². The minimum Gasteiger partial charge on any atom is -0.392 e. The van der Waals surface area contributed by atoms with Crippen LogP contribution in [0.5, 0.6) is 0 Å². The van der Waals surface area contributed by atoms with Crippen molar-refractivity contribution in [3.8, 4) is 0 Å². The summed E-state index contributed by atoms with van der Waals surface area (Å²) < 4.78 is 4.61. The zero-order chi connectivity index (χ0) is 11.0. The van der Waals surface area contributed by atoms with E-state index in [2.05, 4.69) is 10.1 Å². The second-order valence-corrected chi connectivity index (χ2v) is 3.28. The lowest BCUT2D eigenvalue weighted by atomic mass is 10.1. The van der Waals surface area contributed by atoms with Crippen LogP contribution in [0.2, 0.25) is 0 Å². The van der Waals surface area contributed by atoms with E-state index >= 15 is 0 Å². The third-order valence-corrected chi connectivity index (χ3v) is 1.93. The van der Waals surface area contributed by atoms with Gasteiger partial charge in [-0.1, -0.05) is 20.8 Å². The van der Waals surface area contributed by atoms with E-state index < -0.39 is 11.9 Å². The number of hydrogen-bond donors (Lipinski definition) is 1. The molecule has 0 saturated carbocycles. The molecule has 0 aromatic rings. The first kappa shape index (κ1) is 13.1. The molecule has 0 bridgehead atoms. The molecule has 1 N–H and O–H groups in total. The van der Waals surface area contributed by atoms with Crippen molar-refractivity contribution in [2.75, 3.05) is 13.1 Å². The number of esters is 2. The summed E-state index contributed by atoms with van der Waals surface area (Å²) in [5.74, 6) is -1.13. The molecule has 0 amide bonds. The van der Waals surface area contributed by atoms with E-state index in [1.165, 1.54) is 0 Å². The topological polar surface area (TPSA) is 55.4 Å². The molecule has 4 heteroatoms. The van der Waals surface area contributed by atoms with Gasteiger partial charge in [0.2, 0.25) is 0 Å². The Morgan fingerprint density at radius 2 is 2.00 bits per heavy atom. The first-order valence-electron chi connectivity index (χ1n) is 5.07. The summed E-state index contributed by atoms with van der Waals surface area (Å²) >= 11 is 0. The predicted octanol–water partition coefficient (Wildman–Crippen LogP) is 1.10. The molecule has 14 heavy (non-hydrogen) atoms. The zero-order valence-electron chi connectivity index (χ0n) is 9.13. The summed E-state index contributed by atoms with van der Waals surface area (Å²) in [6.45, 7) is 6.49. The van der Waals surface area contributed by atoms with Crippen LogP contribution in [-0.2, 0) is 14.3 Å². The Hall–Kier alpha value is -0.900. The highest BCUT2D eigenvalue weighted by molar-refractivity contribution is 5.87. The van der Waals surface area contributed by atoms with Gasteiger partial charge in [0.25, 0.3) is 0 Å². The van der Waals surface area contributed by atoms with Gasteiger partial charge in [-0.2, -0.15) is 0 Å². The molecule has 1 unspecified atom stereocenters. The highest BCUT2D eigenvalue weighted by Gasteiger charge is 2.15. The number of carbonyl (C=O) groups is 2. The van der Waals surface area contributed by atoms with Crippen LogP contribution in [0.4, 0.5) is 0 Å². The van der Waals surface area contributed by atoms with Gasteiger partial charge in [-0.05, 0) is 19.4 Å². The Morgan fingerprint density at radius 1 is 1.36 bits per heavy atom. The maximum atomic E-state index is 11.1. The lowest BCUT2D eigenvalue weighted by Gasteiger charge is -2.07. The Kier molecular flexibility index (Phi) is 7.02. The predicted molar refractivity (Wildman–Crippen MR) is 53.7 cm³/mol. The van der Waals surface area contributed by atoms with Gasteiger partial charge in [0.05, 0.1) is 12.5 Å². The molecule has 0 aromatic heterocycles. The van der Waals surface area contributed by atoms with E-state index in [1.54, 1.807) is 6.92 Å². The molecule has 0 rings (SSSR count). The summed E-state index contributed by atoms with van der Waals surface area (Å²) in [7, 11) is 0. The van der Waals surface area contributed by atoms with E-state index in [1.807, 2.05) is 13.8 Å². The van der Waals surface area contributed by atoms with E-state index in [0.717, 1.165) is 13.0 Å². The van der Waals surface area contributed by atoms with Crippen molar-refractivity contribution in [2.45, 2.75) is 33.6 Å². The molecule has 0 aliphatic heterocycles. The molecule has 0 fully saturated rings. The van der Waals surface area contributed by atoms with Crippen LogP contribution in [0.3, 0.4) is 0 Å². The quantitative estimate of drug-likeness (QED) is 0.397. The van der Waals surface area contributed by atoms with Crippen LogP contribution in [0, 0.1) is 5.92 Å².